The van der Waals surface area contributed by atoms with E-state index in [0.717, 1.165) is 30.7 Å². The fraction of sp³-hybridized carbons (Fsp3) is 0.294. The molecule has 2 aromatic carbocycles. The van der Waals surface area contributed by atoms with Crippen LogP contribution in [0.2, 0.25) is 0 Å². The molecule has 0 aliphatic heterocycles. The molecule has 0 aliphatic rings. The molecule has 0 aromatic heterocycles. The first-order valence-electron chi connectivity index (χ1n) is 7.03. The topological polar surface area (TPSA) is 15.3 Å². The van der Waals surface area contributed by atoms with E-state index in [1.807, 2.05) is 0 Å². The third-order valence-electron chi connectivity index (χ3n) is 3.30. The van der Waals surface area contributed by atoms with Gasteiger partial charge in [-0.1, -0.05) is 53.2 Å². The summed E-state index contributed by atoms with van der Waals surface area (Å²) >= 11 is 3.45. The molecule has 20 heavy (non-hydrogen) atoms. The lowest BCUT2D eigenvalue weighted by molar-refractivity contribution is 0.291. The Balaban J connectivity index is 1.78. The summed E-state index contributed by atoms with van der Waals surface area (Å²) in [4.78, 5) is 2.45. The van der Waals surface area contributed by atoms with Crippen LogP contribution in [0.1, 0.15) is 12.5 Å². The molecule has 0 fully saturated rings. The Labute approximate surface area is 129 Å². The van der Waals surface area contributed by atoms with Crippen molar-refractivity contribution in [2.75, 3.05) is 25.0 Å². The maximum atomic E-state index is 3.46. The molecule has 0 bridgehead atoms. The van der Waals surface area contributed by atoms with Crippen LogP contribution in [0, 0.1) is 0 Å². The number of nitrogens with zero attached hydrogens (tertiary/aromatic N) is 1. The Morgan fingerprint density at radius 2 is 1.70 bits per heavy atom. The molecule has 2 rings (SSSR count). The van der Waals surface area contributed by atoms with Crippen molar-refractivity contribution in [3.05, 3.63) is 64.6 Å². The second-order valence-electron chi connectivity index (χ2n) is 4.79. The number of rotatable bonds is 7. The highest BCUT2D eigenvalue weighted by Crippen LogP contribution is 2.13. The minimum atomic E-state index is 0.961. The van der Waals surface area contributed by atoms with Gasteiger partial charge in [-0.15, -0.1) is 0 Å². The van der Waals surface area contributed by atoms with E-state index in [4.69, 9.17) is 0 Å². The van der Waals surface area contributed by atoms with Gasteiger partial charge in [0.05, 0.1) is 0 Å². The van der Waals surface area contributed by atoms with E-state index in [2.05, 4.69) is 87.7 Å². The zero-order chi connectivity index (χ0) is 14.2. The van der Waals surface area contributed by atoms with Crippen molar-refractivity contribution >= 4 is 21.6 Å². The summed E-state index contributed by atoms with van der Waals surface area (Å²) < 4.78 is 1.11. The SMILES string of the molecule is CCN(CCNc1ccc(Br)cc1)Cc1ccccc1. The van der Waals surface area contributed by atoms with Gasteiger partial charge in [-0.3, -0.25) is 4.90 Å². The fourth-order valence-corrected chi connectivity index (χ4v) is 2.38. The highest BCUT2D eigenvalue weighted by Gasteiger charge is 2.03. The minimum absolute atomic E-state index is 0.961. The Kier molecular flexibility index (Phi) is 6.09. The first-order valence-corrected chi connectivity index (χ1v) is 7.83. The van der Waals surface area contributed by atoms with E-state index in [1.54, 1.807) is 0 Å². The molecule has 106 valence electrons. The number of anilines is 1. The lowest BCUT2D eigenvalue weighted by Crippen LogP contribution is -2.28. The quantitative estimate of drug-likeness (QED) is 0.809. The summed E-state index contributed by atoms with van der Waals surface area (Å²) in [5, 5.41) is 3.46. The van der Waals surface area contributed by atoms with Crippen LogP contribution < -0.4 is 5.32 Å². The van der Waals surface area contributed by atoms with Crippen LogP contribution in [0.15, 0.2) is 59.1 Å². The van der Waals surface area contributed by atoms with Crippen molar-refractivity contribution < 1.29 is 0 Å². The van der Waals surface area contributed by atoms with E-state index >= 15 is 0 Å². The van der Waals surface area contributed by atoms with Gasteiger partial charge >= 0.3 is 0 Å². The van der Waals surface area contributed by atoms with E-state index < -0.39 is 0 Å². The minimum Gasteiger partial charge on any atom is -0.384 e. The molecule has 2 nitrogen and oxygen atoms in total. The van der Waals surface area contributed by atoms with Crippen molar-refractivity contribution in [1.29, 1.82) is 0 Å². The second kappa shape index (κ2) is 8.08. The van der Waals surface area contributed by atoms with Gasteiger partial charge in [-0.05, 0) is 36.4 Å². The number of likely N-dealkylation sites (N-methyl/N-ethyl adjacent to an activating group) is 1. The lowest BCUT2D eigenvalue weighted by Gasteiger charge is -2.21. The molecule has 0 atom stereocenters. The molecular weight excluding hydrogens is 312 g/mol. The summed E-state index contributed by atoms with van der Waals surface area (Å²) in [6, 6.07) is 18.9. The summed E-state index contributed by atoms with van der Waals surface area (Å²) in [7, 11) is 0. The van der Waals surface area contributed by atoms with Gasteiger partial charge in [-0.2, -0.15) is 0 Å². The van der Waals surface area contributed by atoms with E-state index in [0.29, 0.717) is 0 Å². The highest BCUT2D eigenvalue weighted by molar-refractivity contribution is 9.10. The van der Waals surface area contributed by atoms with Crippen molar-refractivity contribution in [3.8, 4) is 0 Å². The normalized spacial score (nSPS) is 10.8. The highest BCUT2D eigenvalue weighted by atomic mass is 79.9. The van der Waals surface area contributed by atoms with Gasteiger partial charge in [0.2, 0.25) is 0 Å². The average Bonchev–Trinajstić information content (AvgIpc) is 2.49. The van der Waals surface area contributed by atoms with Gasteiger partial charge < -0.3 is 5.32 Å². The van der Waals surface area contributed by atoms with Crippen LogP contribution in [0.25, 0.3) is 0 Å². The molecule has 0 saturated heterocycles. The summed E-state index contributed by atoms with van der Waals surface area (Å²) in [6.07, 6.45) is 0. The summed E-state index contributed by atoms with van der Waals surface area (Å²) in [5.74, 6) is 0. The van der Waals surface area contributed by atoms with Crippen LogP contribution >= 0.6 is 15.9 Å². The molecular formula is C17H21BrN2. The van der Waals surface area contributed by atoms with Gasteiger partial charge in [0.1, 0.15) is 0 Å². The second-order valence-corrected chi connectivity index (χ2v) is 5.70. The molecule has 3 heteroatoms. The zero-order valence-electron chi connectivity index (χ0n) is 11.8. The molecule has 0 saturated carbocycles. The maximum absolute atomic E-state index is 3.46. The van der Waals surface area contributed by atoms with Crippen molar-refractivity contribution in [3.63, 3.8) is 0 Å². The molecule has 0 unspecified atom stereocenters. The number of hydrogen-bond donors (Lipinski definition) is 1. The average molecular weight is 333 g/mol. The third-order valence-corrected chi connectivity index (χ3v) is 3.83. The number of hydrogen-bond acceptors (Lipinski definition) is 2. The maximum Gasteiger partial charge on any atom is 0.0341 e. The first kappa shape index (κ1) is 15.1. The summed E-state index contributed by atoms with van der Waals surface area (Å²) in [6.45, 7) is 6.29. The van der Waals surface area contributed by atoms with Crippen LogP contribution in [-0.2, 0) is 6.54 Å². The Morgan fingerprint density at radius 1 is 1.00 bits per heavy atom. The van der Waals surface area contributed by atoms with E-state index in [1.165, 1.54) is 11.3 Å². The monoisotopic (exact) mass is 332 g/mol. The summed E-state index contributed by atoms with van der Waals surface area (Å²) in [5.41, 5.74) is 2.54. The molecule has 0 aliphatic carbocycles. The molecule has 0 amide bonds. The molecule has 0 spiro atoms. The van der Waals surface area contributed by atoms with Crippen molar-refractivity contribution in [2.24, 2.45) is 0 Å². The van der Waals surface area contributed by atoms with Crippen molar-refractivity contribution in [1.82, 2.24) is 4.90 Å². The number of halogens is 1. The molecule has 1 N–H and O–H groups in total. The first-order chi connectivity index (χ1) is 9.78. The largest absolute Gasteiger partial charge is 0.384 e. The van der Waals surface area contributed by atoms with Gasteiger partial charge in [0, 0.05) is 29.8 Å². The Bertz CT molecular complexity index is 496. The number of nitrogens with one attached hydrogen (secondary N) is 1. The zero-order valence-corrected chi connectivity index (χ0v) is 13.4. The standard InChI is InChI=1S/C17H21BrN2/c1-2-20(14-15-6-4-3-5-7-15)13-12-19-17-10-8-16(18)9-11-17/h3-11,19H,2,12-14H2,1H3. The van der Waals surface area contributed by atoms with Gasteiger partial charge in [0.15, 0.2) is 0 Å². The van der Waals surface area contributed by atoms with Crippen LogP contribution in [0.4, 0.5) is 5.69 Å². The third kappa shape index (κ3) is 4.99. The van der Waals surface area contributed by atoms with E-state index in [9.17, 15) is 0 Å². The number of benzene rings is 2. The Morgan fingerprint density at radius 3 is 2.35 bits per heavy atom. The van der Waals surface area contributed by atoms with Crippen LogP contribution in [0.5, 0.6) is 0 Å². The van der Waals surface area contributed by atoms with Gasteiger partial charge in [-0.25, -0.2) is 0 Å². The van der Waals surface area contributed by atoms with Crippen LogP contribution in [0.3, 0.4) is 0 Å². The van der Waals surface area contributed by atoms with Gasteiger partial charge in [0.25, 0.3) is 0 Å². The van der Waals surface area contributed by atoms with Crippen molar-refractivity contribution in [2.45, 2.75) is 13.5 Å². The Hall–Kier alpha value is -1.32. The molecule has 0 radical (unpaired) electrons. The smallest absolute Gasteiger partial charge is 0.0341 e. The predicted molar refractivity (Wildman–Crippen MR) is 90.0 cm³/mol. The molecule has 0 heterocycles. The fourth-order valence-electron chi connectivity index (χ4n) is 2.12. The predicted octanol–water partition coefficient (Wildman–Crippen LogP) is 4.38. The molecule has 2 aromatic rings. The van der Waals surface area contributed by atoms with Crippen LogP contribution in [-0.4, -0.2) is 24.5 Å². The van der Waals surface area contributed by atoms with E-state index in [-0.39, 0.29) is 0 Å². The lowest BCUT2D eigenvalue weighted by atomic mass is 10.2.